The quantitative estimate of drug-likeness (QED) is 0.473. The summed E-state index contributed by atoms with van der Waals surface area (Å²) >= 11 is 0. The molecule has 1 unspecified atom stereocenters. The van der Waals surface area contributed by atoms with Gasteiger partial charge in [0.15, 0.2) is 0 Å². The topological polar surface area (TPSA) is 100 Å². The lowest BCUT2D eigenvalue weighted by atomic mass is 9.44. The third kappa shape index (κ3) is 3.27. The highest BCUT2D eigenvalue weighted by Gasteiger charge is 2.62. The molecule has 4 rings (SSSR count). The van der Waals surface area contributed by atoms with Crippen molar-refractivity contribution in [1.29, 1.82) is 0 Å². The third-order valence-corrected chi connectivity index (χ3v) is 9.30. The molecule has 0 aromatic carbocycles. The van der Waals surface area contributed by atoms with Gasteiger partial charge in [-0.1, -0.05) is 24.2 Å². The summed E-state index contributed by atoms with van der Waals surface area (Å²) in [5, 5.41) is 28.4. The normalized spacial score (nSPS) is 48.9. The van der Waals surface area contributed by atoms with E-state index in [-0.39, 0.29) is 22.9 Å². The standard InChI is InChI=1S/C23H38FN3O3/c1-21(2,12-25)30-27-19-10-16-18(26-29)9-13-14-5-6-20(28)22(14,3)8-7-15(13)23(16,4)11-17(19)24/h13-17,20,28-29H,5-12,25H2,1-4H3/b26-18-,27-19+/t13-,14-,15-,16?,17+,20-,22-,23+/m0/s1. The molecule has 8 atom stereocenters. The molecule has 0 bridgehead atoms. The number of halogens is 1. The van der Waals surface area contributed by atoms with Gasteiger partial charge in [0.2, 0.25) is 0 Å². The van der Waals surface area contributed by atoms with E-state index in [0.29, 0.717) is 42.9 Å². The van der Waals surface area contributed by atoms with Crippen LogP contribution in [-0.4, -0.2) is 46.2 Å². The first-order valence-corrected chi connectivity index (χ1v) is 11.5. The minimum Gasteiger partial charge on any atom is -0.411 e. The van der Waals surface area contributed by atoms with Gasteiger partial charge in [-0.05, 0) is 81.0 Å². The maximum Gasteiger partial charge on any atom is 0.144 e. The van der Waals surface area contributed by atoms with Crippen LogP contribution in [0, 0.1) is 34.5 Å². The molecule has 0 aliphatic heterocycles. The summed E-state index contributed by atoms with van der Waals surface area (Å²) in [5.74, 6) is 1.08. The number of fused-ring (bicyclic) bond motifs is 5. The smallest absolute Gasteiger partial charge is 0.144 e. The first-order valence-electron chi connectivity index (χ1n) is 11.5. The van der Waals surface area contributed by atoms with Gasteiger partial charge in [-0.3, -0.25) is 0 Å². The summed E-state index contributed by atoms with van der Waals surface area (Å²) in [4.78, 5) is 5.55. The highest BCUT2D eigenvalue weighted by molar-refractivity contribution is 5.97. The number of oxime groups is 2. The van der Waals surface area contributed by atoms with Crippen molar-refractivity contribution >= 4 is 11.4 Å². The number of nitrogens with zero attached hydrogens (tertiary/aromatic N) is 2. The van der Waals surface area contributed by atoms with Crippen LogP contribution in [0.25, 0.3) is 0 Å². The molecule has 170 valence electrons. The number of aliphatic hydroxyl groups excluding tert-OH is 1. The first kappa shape index (κ1) is 22.0. The number of nitrogens with two attached hydrogens (primary N) is 1. The van der Waals surface area contributed by atoms with E-state index in [1.54, 1.807) is 0 Å². The van der Waals surface area contributed by atoms with Gasteiger partial charge in [-0.2, -0.15) is 0 Å². The molecule has 4 N–H and O–H groups in total. The predicted molar refractivity (Wildman–Crippen MR) is 114 cm³/mol. The monoisotopic (exact) mass is 423 g/mol. The molecule has 0 spiro atoms. The molecular weight excluding hydrogens is 385 g/mol. The zero-order valence-electron chi connectivity index (χ0n) is 18.8. The van der Waals surface area contributed by atoms with Gasteiger partial charge >= 0.3 is 0 Å². The molecule has 0 saturated heterocycles. The summed E-state index contributed by atoms with van der Waals surface area (Å²) in [7, 11) is 0. The number of hydrogen-bond donors (Lipinski definition) is 3. The lowest BCUT2D eigenvalue weighted by Gasteiger charge is -2.60. The Hall–Kier alpha value is -1.21. The zero-order valence-corrected chi connectivity index (χ0v) is 18.8. The van der Waals surface area contributed by atoms with E-state index in [0.717, 1.165) is 37.8 Å². The van der Waals surface area contributed by atoms with Crippen LogP contribution >= 0.6 is 0 Å². The molecule has 0 radical (unpaired) electrons. The van der Waals surface area contributed by atoms with Crippen molar-refractivity contribution in [2.24, 2.45) is 50.5 Å². The summed E-state index contributed by atoms with van der Waals surface area (Å²) in [6.45, 7) is 8.36. The Labute approximate surface area is 179 Å². The number of hydrogen-bond acceptors (Lipinski definition) is 6. The first-order chi connectivity index (χ1) is 14.1. The Morgan fingerprint density at radius 3 is 2.50 bits per heavy atom. The molecule has 0 aromatic rings. The molecule has 30 heavy (non-hydrogen) atoms. The average Bonchev–Trinajstić information content (AvgIpc) is 3.00. The molecule has 6 nitrogen and oxygen atoms in total. The van der Waals surface area contributed by atoms with Crippen LogP contribution in [0.5, 0.6) is 0 Å². The van der Waals surface area contributed by atoms with Crippen molar-refractivity contribution < 1.29 is 19.5 Å². The van der Waals surface area contributed by atoms with Crippen molar-refractivity contribution in [2.75, 3.05) is 6.54 Å². The van der Waals surface area contributed by atoms with Crippen LogP contribution in [0.1, 0.15) is 72.6 Å². The Morgan fingerprint density at radius 1 is 1.13 bits per heavy atom. The van der Waals surface area contributed by atoms with Gasteiger partial charge < -0.3 is 20.9 Å². The largest absolute Gasteiger partial charge is 0.411 e. The fraction of sp³-hybridized carbons (Fsp3) is 0.913. The SMILES string of the molecule is CC(C)(CN)O/N=C1\CC2/C(=N\O)C[C@H]3[C@@H]4CC[C@H](O)[C@@]4(C)CC[C@@H]3[C@@]2(C)C[C@H]1F. The van der Waals surface area contributed by atoms with E-state index in [1.165, 1.54) is 0 Å². The Bertz CT molecular complexity index is 741. The van der Waals surface area contributed by atoms with Gasteiger partial charge in [0.25, 0.3) is 0 Å². The van der Waals surface area contributed by atoms with Crippen LogP contribution in [0.3, 0.4) is 0 Å². The summed E-state index contributed by atoms with van der Waals surface area (Å²) in [6.07, 6.45) is 3.93. The van der Waals surface area contributed by atoms with Crippen molar-refractivity contribution in [1.82, 2.24) is 0 Å². The number of rotatable bonds is 3. The molecule has 0 amide bonds. The minimum atomic E-state index is -1.17. The van der Waals surface area contributed by atoms with Gasteiger partial charge in [0.1, 0.15) is 11.8 Å². The van der Waals surface area contributed by atoms with Gasteiger partial charge in [0.05, 0.1) is 17.5 Å². The third-order valence-electron chi connectivity index (χ3n) is 9.30. The maximum absolute atomic E-state index is 15.4. The van der Waals surface area contributed by atoms with Crippen LogP contribution in [0.15, 0.2) is 10.3 Å². The van der Waals surface area contributed by atoms with E-state index in [1.807, 2.05) is 13.8 Å². The average molecular weight is 424 g/mol. The molecule has 0 heterocycles. The summed E-state index contributed by atoms with van der Waals surface area (Å²) in [6, 6.07) is 0. The highest BCUT2D eigenvalue weighted by atomic mass is 19.1. The number of aliphatic hydroxyl groups is 1. The second-order valence-electron chi connectivity index (χ2n) is 11.4. The minimum absolute atomic E-state index is 0.0326. The second kappa shape index (κ2) is 7.44. The Morgan fingerprint density at radius 2 is 1.83 bits per heavy atom. The van der Waals surface area contributed by atoms with Crippen molar-refractivity contribution in [3.63, 3.8) is 0 Å². The van der Waals surface area contributed by atoms with Crippen LogP contribution in [0.2, 0.25) is 0 Å². The maximum atomic E-state index is 15.4. The predicted octanol–water partition coefficient (Wildman–Crippen LogP) is 3.89. The fourth-order valence-electron chi connectivity index (χ4n) is 7.30. The molecule has 4 aliphatic carbocycles. The lowest BCUT2D eigenvalue weighted by molar-refractivity contribution is -0.0902. The van der Waals surface area contributed by atoms with Crippen LogP contribution < -0.4 is 5.73 Å². The van der Waals surface area contributed by atoms with E-state index < -0.39 is 11.8 Å². The molecular formula is C23H38FN3O3. The molecule has 4 aliphatic rings. The number of alkyl halides is 1. The fourth-order valence-corrected chi connectivity index (χ4v) is 7.30. The molecule has 7 heteroatoms. The van der Waals surface area contributed by atoms with Crippen molar-refractivity contribution in [2.45, 2.75) is 90.5 Å². The second-order valence-corrected chi connectivity index (χ2v) is 11.4. The van der Waals surface area contributed by atoms with Gasteiger partial charge in [-0.15, -0.1) is 0 Å². The zero-order chi connectivity index (χ0) is 21.9. The van der Waals surface area contributed by atoms with Crippen LogP contribution in [0.4, 0.5) is 4.39 Å². The van der Waals surface area contributed by atoms with E-state index >= 15 is 4.39 Å². The van der Waals surface area contributed by atoms with Crippen LogP contribution in [-0.2, 0) is 4.84 Å². The lowest BCUT2D eigenvalue weighted by Crippen LogP contribution is -2.58. The summed E-state index contributed by atoms with van der Waals surface area (Å²) < 4.78 is 15.4. The van der Waals surface area contributed by atoms with Crippen molar-refractivity contribution in [3.05, 3.63) is 0 Å². The highest BCUT2D eigenvalue weighted by Crippen LogP contribution is 2.65. The molecule has 4 fully saturated rings. The Kier molecular flexibility index (Phi) is 5.45. The molecule has 4 saturated carbocycles. The van der Waals surface area contributed by atoms with Gasteiger partial charge in [0, 0.05) is 18.9 Å². The summed E-state index contributed by atoms with van der Waals surface area (Å²) in [5.41, 5.74) is 5.88. The van der Waals surface area contributed by atoms with E-state index in [4.69, 9.17) is 10.6 Å². The van der Waals surface area contributed by atoms with E-state index in [9.17, 15) is 10.3 Å². The van der Waals surface area contributed by atoms with Gasteiger partial charge in [-0.25, -0.2) is 4.39 Å². The molecule has 0 aromatic heterocycles. The Balaban J connectivity index is 1.63. The van der Waals surface area contributed by atoms with E-state index in [2.05, 4.69) is 24.2 Å². The van der Waals surface area contributed by atoms with Crippen molar-refractivity contribution in [3.8, 4) is 0 Å².